The van der Waals surface area contributed by atoms with Gasteiger partial charge in [0.25, 0.3) is 0 Å². The summed E-state index contributed by atoms with van der Waals surface area (Å²) in [4.78, 5) is 8.57. The van der Waals surface area contributed by atoms with Crippen LogP contribution in [0.15, 0.2) is 34.8 Å². The molecule has 1 aromatic heterocycles. The molecule has 0 unspecified atom stereocenters. The monoisotopic (exact) mass is 277 g/mol. The van der Waals surface area contributed by atoms with E-state index in [0.29, 0.717) is 12.2 Å². The molecule has 0 atom stereocenters. The Balaban J connectivity index is 2.30. The Bertz CT molecular complexity index is 491. The maximum absolute atomic E-state index is 5.69. The standard InChI is InChI=1S/C12H12BrN3/c1-8-6-11(14)16-12(15-8)7-9-4-2-3-5-10(9)13/h2-6H,7H2,1H3,(H2,14,15,16). The second-order valence-corrected chi connectivity index (χ2v) is 4.47. The number of nitrogen functional groups attached to an aromatic ring is 1. The molecule has 0 saturated carbocycles. The molecule has 0 aliphatic rings. The molecule has 0 bridgehead atoms. The number of nitrogens with zero attached hydrogens (tertiary/aromatic N) is 2. The van der Waals surface area contributed by atoms with Crippen molar-refractivity contribution < 1.29 is 0 Å². The normalized spacial score (nSPS) is 10.4. The zero-order valence-electron chi connectivity index (χ0n) is 8.94. The van der Waals surface area contributed by atoms with Crippen LogP contribution in [0.3, 0.4) is 0 Å². The Morgan fingerprint density at radius 1 is 1.25 bits per heavy atom. The number of aryl methyl sites for hydroxylation is 1. The highest BCUT2D eigenvalue weighted by Gasteiger charge is 2.04. The molecular weight excluding hydrogens is 266 g/mol. The van der Waals surface area contributed by atoms with Crippen molar-refractivity contribution >= 4 is 21.7 Å². The van der Waals surface area contributed by atoms with Crippen molar-refractivity contribution in [2.75, 3.05) is 5.73 Å². The second kappa shape index (κ2) is 4.61. The molecule has 1 heterocycles. The van der Waals surface area contributed by atoms with Crippen LogP contribution in [-0.2, 0) is 6.42 Å². The van der Waals surface area contributed by atoms with Crippen molar-refractivity contribution in [1.82, 2.24) is 9.97 Å². The van der Waals surface area contributed by atoms with Gasteiger partial charge in [-0.05, 0) is 18.6 Å². The Labute approximate surface area is 103 Å². The van der Waals surface area contributed by atoms with Crippen molar-refractivity contribution in [2.45, 2.75) is 13.3 Å². The van der Waals surface area contributed by atoms with Crippen molar-refractivity contribution in [3.63, 3.8) is 0 Å². The lowest BCUT2D eigenvalue weighted by Crippen LogP contribution is -2.02. The lowest BCUT2D eigenvalue weighted by atomic mass is 10.1. The van der Waals surface area contributed by atoms with Crippen LogP contribution in [0.25, 0.3) is 0 Å². The summed E-state index contributed by atoms with van der Waals surface area (Å²) in [5.41, 5.74) is 7.75. The van der Waals surface area contributed by atoms with Crippen molar-refractivity contribution in [1.29, 1.82) is 0 Å². The molecule has 4 heteroatoms. The first-order valence-electron chi connectivity index (χ1n) is 4.98. The molecule has 0 radical (unpaired) electrons. The molecule has 1 aromatic carbocycles. The van der Waals surface area contributed by atoms with Crippen molar-refractivity contribution in [2.24, 2.45) is 0 Å². The highest BCUT2D eigenvalue weighted by molar-refractivity contribution is 9.10. The van der Waals surface area contributed by atoms with Gasteiger partial charge >= 0.3 is 0 Å². The van der Waals surface area contributed by atoms with Crippen LogP contribution in [0.4, 0.5) is 5.82 Å². The van der Waals surface area contributed by atoms with Gasteiger partial charge in [0.15, 0.2) is 0 Å². The van der Waals surface area contributed by atoms with Gasteiger partial charge in [-0.3, -0.25) is 0 Å². The number of halogens is 1. The molecule has 2 rings (SSSR count). The summed E-state index contributed by atoms with van der Waals surface area (Å²) < 4.78 is 1.07. The van der Waals surface area contributed by atoms with E-state index in [-0.39, 0.29) is 0 Å². The molecule has 3 nitrogen and oxygen atoms in total. The largest absolute Gasteiger partial charge is 0.384 e. The summed E-state index contributed by atoms with van der Waals surface area (Å²) >= 11 is 3.50. The van der Waals surface area contributed by atoms with Gasteiger partial charge < -0.3 is 5.73 Å². The predicted molar refractivity (Wildman–Crippen MR) is 68.1 cm³/mol. The van der Waals surface area contributed by atoms with E-state index in [2.05, 4.69) is 25.9 Å². The summed E-state index contributed by atoms with van der Waals surface area (Å²) in [7, 11) is 0. The molecule has 16 heavy (non-hydrogen) atoms. The molecular formula is C12H12BrN3. The van der Waals surface area contributed by atoms with Gasteiger partial charge in [0.2, 0.25) is 0 Å². The topological polar surface area (TPSA) is 51.8 Å². The van der Waals surface area contributed by atoms with E-state index in [4.69, 9.17) is 5.73 Å². The summed E-state index contributed by atoms with van der Waals surface area (Å²) in [6.07, 6.45) is 0.688. The summed E-state index contributed by atoms with van der Waals surface area (Å²) in [5.74, 6) is 1.28. The van der Waals surface area contributed by atoms with Crippen LogP contribution in [-0.4, -0.2) is 9.97 Å². The Morgan fingerprint density at radius 3 is 2.69 bits per heavy atom. The highest BCUT2D eigenvalue weighted by Crippen LogP contribution is 2.18. The quantitative estimate of drug-likeness (QED) is 0.918. The first-order chi connectivity index (χ1) is 7.65. The molecule has 0 saturated heterocycles. The van der Waals surface area contributed by atoms with Crippen LogP contribution in [0.2, 0.25) is 0 Å². The number of aromatic nitrogens is 2. The third-order valence-electron chi connectivity index (χ3n) is 2.23. The first kappa shape index (κ1) is 11.1. The molecule has 82 valence electrons. The molecule has 0 aliphatic heterocycles. The van der Waals surface area contributed by atoms with Gasteiger partial charge in [0.1, 0.15) is 11.6 Å². The van der Waals surface area contributed by atoms with Gasteiger partial charge in [-0.2, -0.15) is 0 Å². The SMILES string of the molecule is Cc1cc(N)nc(Cc2ccccc2Br)n1. The summed E-state index contributed by atoms with van der Waals surface area (Å²) in [6, 6.07) is 9.81. The average Bonchev–Trinajstić information content (AvgIpc) is 2.20. The van der Waals surface area contributed by atoms with E-state index in [1.165, 1.54) is 0 Å². The van der Waals surface area contributed by atoms with Crippen molar-refractivity contribution in [3.8, 4) is 0 Å². The van der Waals surface area contributed by atoms with Gasteiger partial charge in [-0.1, -0.05) is 34.1 Å². The van der Waals surface area contributed by atoms with E-state index in [1.807, 2.05) is 31.2 Å². The van der Waals surface area contributed by atoms with E-state index in [9.17, 15) is 0 Å². The van der Waals surface area contributed by atoms with Crippen LogP contribution < -0.4 is 5.73 Å². The van der Waals surface area contributed by atoms with E-state index >= 15 is 0 Å². The fourth-order valence-corrected chi connectivity index (χ4v) is 1.97. The molecule has 0 spiro atoms. The lowest BCUT2D eigenvalue weighted by molar-refractivity contribution is 0.945. The Morgan fingerprint density at radius 2 is 2.00 bits per heavy atom. The Hall–Kier alpha value is -1.42. The zero-order chi connectivity index (χ0) is 11.5. The molecule has 0 amide bonds. The number of benzene rings is 1. The van der Waals surface area contributed by atoms with E-state index < -0.39 is 0 Å². The van der Waals surface area contributed by atoms with E-state index in [0.717, 1.165) is 21.6 Å². The fourth-order valence-electron chi connectivity index (χ4n) is 1.55. The zero-order valence-corrected chi connectivity index (χ0v) is 10.5. The third-order valence-corrected chi connectivity index (χ3v) is 3.00. The van der Waals surface area contributed by atoms with Crippen molar-refractivity contribution in [3.05, 3.63) is 51.9 Å². The van der Waals surface area contributed by atoms with Gasteiger partial charge in [0.05, 0.1) is 0 Å². The fraction of sp³-hybridized carbons (Fsp3) is 0.167. The second-order valence-electron chi connectivity index (χ2n) is 3.62. The molecule has 0 aliphatic carbocycles. The third kappa shape index (κ3) is 2.58. The van der Waals surface area contributed by atoms with Crippen LogP contribution in [0.5, 0.6) is 0 Å². The van der Waals surface area contributed by atoms with Gasteiger partial charge in [-0.15, -0.1) is 0 Å². The molecule has 2 aromatic rings. The first-order valence-corrected chi connectivity index (χ1v) is 5.78. The number of hydrogen-bond donors (Lipinski definition) is 1. The van der Waals surface area contributed by atoms with Crippen LogP contribution in [0, 0.1) is 6.92 Å². The minimum absolute atomic E-state index is 0.523. The number of rotatable bonds is 2. The molecule has 2 N–H and O–H groups in total. The highest BCUT2D eigenvalue weighted by atomic mass is 79.9. The smallest absolute Gasteiger partial charge is 0.135 e. The maximum atomic E-state index is 5.69. The van der Waals surface area contributed by atoms with E-state index in [1.54, 1.807) is 6.07 Å². The number of nitrogens with two attached hydrogens (primary N) is 1. The maximum Gasteiger partial charge on any atom is 0.135 e. The Kier molecular flexibility index (Phi) is 3.19. The minimum atomic E-state index is 0.523. The summed E-state index contributed by atoms with van der Waals surface area (Å²) in [6.45, 7) is 1.92. The summed E-state index contributed by atoms with van der Waals surface area (Å²) in [5, 5.41) is 0. The minimum Gasteiger partial charge on any atom is -0.384 e. The van der Waals surface area contributed by atoms with Gasteiger partial charge in [-0.25, -0.2) is 9.97 Å². The van der Waals surface area contributed by atoms with Crippen LogP contribution >= 0.6 is 15.9 Å². The molecule has 0 fully saturated rings. The van der Waals surface area contributed by atoms with Gasteiger partial charge in [0, 0.05) is 22.7 Å². The number of anilines is 1. The predicted octanol–water partition coefficient (Wildman–Crippen LogP) is 2.72. The number of hydrogen-bond acceptors (Lipinski definition) is 3. The average molecular weight is 278 g/mol. The van der Waals surface area contributed by atoms with Crippen LogP contribution in [0.1, 0.15) is 17.1 Å². The lowest BCUT2D eigenvalue weighted by Gasteiger charge is -2.05.